The van der Waals surface area contributed by atoms with E-state index in [1.807, 2.05) is 67.6 Å². The van der Waals surface area contributed by atoms with Crippen LogP contribution < -0.4 is 5.63 Å². The highest BCUT2D eigenvalue weighted by Crippen LogP contribution is 2.37. The summed E-state index contributed by atoms with van der Waals surface area (Å²) < 4.78 is 46.1. The lowest BCUT2D eigenvalue weighted by Gasteiger charge is -2.14. The van der Waals surface area contributed by atoms with E-state index in [0.717, 1.165) is 17.2 Å². The molecule has 0 fully saturated rings. The van der Waals surface area contributed by atoms with Gasteiger partial charge in [0, 0.05) is 16.7 Å². The molecule has 0 aliphatic carbocycles. The summed E-state index contributed by atoms with van der Waals surface area (Å²) in [5, 5.41) is 0. The van der Waals surface area contributed by atoms with Gasteiger partial charge in [-0.3, -0.25) is 0 Å². The summed E-state index contributed by atoms with van der Waals surface area (Å²) in [6.07, 6.45) is -3.44. The first-order valence-corrected chi connectivity index (χ1v) is 10.9. The molecule has 0 unspecified atom stereocenters. The molecule has 0 amide bonds. The van der Waals surface area contributed by atoms with Gasteiger partial charge in [0.1, 0.15) is 5.76 Å². The van der Waals surface area contributed by atoms with Crippen LogP contribution in [0.5, 0.6) is 0 Å². The zero-order valence-electron chi connectivity index (χ0n) is 18.5. The van der Waals surface area contributed by atoms with Crippen LogP contribution in [0.15, 0.2) is 105 Å². The summed E-state index contributed by atoms with van der Waals surface area (Å²) in [6.45, 7) is 1.93. The van der Waals surface area contributed by atoms with Gasteiger partial charge in [-0.25, -0.2) is 9.79 Å². The van der Waals surface area contributed by atoms with Gasteiger partial charge in [-0.05, 0) is 24.1 Å². The van der Waals surface area contributed by atoms with Crippen LogP contribution in [0.2, 0.25) is 0 Å². The van der Waals surface area contributed by atoms with E-state index in [1.165, 1.54) is 24.3 Å². The van der Waals surface area contributed by atoms with Crippen LogP contribution in [0, 0.1) is 0 Å². The molecule has 1 heterocycles. The lowest BCUT2D eigenvalue weighted by Crippen LogP contribution is -2.10. The first kappa shape index (κ1) is 23.2. The van der Waals surface area contributed by atoms with Gasteiger partial charge in [0.2, 0.25) is 0 Å². The smallest absolute Gasteiger partial charge is 0.417 e. The standard InChI is InChI=1S/C28H22F3NO2/c1-2-11-21-18-24(22-16-9-10-17-23(22)28(29,30)31)34-27(33)26(21)32-25(19-12-5-3-6-13-19)20-14-7-4-8-15-20/h3-10,12-18H,2,11H2,1H3. The van der Waals surface area contributed by atoms with E-state index < -0.39 is 17.4 Å². The van der Waals surface area contributed by atoms with Crippen LogP contribution in [-0.2, 0) is 12.6 Å². The number of rotatable bonds is 6. The summed E-state index contributed by atoms with van der Waals surface area (Å²) in [5.74, 6) is -0.124. The van der Waals surface area contributed by atoms with E-state index in [1.54, 1.807) is 0 Å². The summed E-state index contributed by atoms with van der Waals surface area (Å²) in [7, 11) is 0. The fourth-order valence-corrected chi connectivity index (χ4v) is 3.79. The van der Waals surface area contributed by atoms with Crippen molar-refractivity contribution in [1.29, 1.82) is 0 Å². The second-order valence-electron chi connectivity index (χ2n) is 7.76. The van der Waals surface area contributed by atoms with E-state index in [2.05, 4.69) is 0 Å². The third-order valence-electron chi connectivity index (χ3n) is 5.34. The molecule has 0 N–H and O–H groups in total. The largest absolute Gasteiger partial charge is 0.421 e. The molecule has 4 rings (SSSR count). The lowest BCUT2D eigenvalue weighted by molar-refractivity contribution is -0.137. The Labute approximate surface area is 195 Å². The van der Waals surface area contributed by atoms with Crippen LogP contribution in [0.25, 0.3) is 11.3 Å². The van der Waals surface area contributed by atoms with Crippen molar-refractivity contribution in [2.45, 2.75) is 25.9 Å². The SMILES string of the molecule is CCCc1cc(-c2ccccc2C(F)(F)F)oc(=O)c1N=C(c1ccccc1)c1ccccc1. The minimum absolute atomic E-state index is 0.0952. The van der Waals surface area contributed by atoms with E-state index >= 15 is 0 Å². The number of nitrogens with zero attached hydrogens (tertiary/aromatic N) is 1. The van der Waals surface area contributed by atoms with E-state index in [4.69, 9.17) is 9.41 Å². The highest BCUT2D eigenvalue weighted by atomic mass is 19.4. The van der Waals surface area contributed by atoms with Crippen molar-refractivity contribution in [2.24, 2.45) is 4.99 Å². The average Bonchev–Trinajstić information content (AvgIpc) is 2.84. The summed E-state index contributed by atoms with van der Waals surface area (Å²) >= 11 is 0. The first-order chi connectivity index (χ1) is 16.4. The quantitative estimate of drug-likeness (QED) is 0.280. The van der Waals surface area contributed by atoms with Crippen LogP contribution >= 0.6 is 0 Å². The molecule has 4 aromatic rings. The minimum Gasteiger partial charge on any atom is -0.421 e. The summed E-state index contributed by atoms with van der Waals surface area (Å²) in [6, 6.07) is 25.4. The fourth-order valence-electron chi connectivity index (χ4n) is 3.79. The molecule has 34 heavy (non-hydrogen) atoms. The molecule has 172 valence electrons. The van der Waals surface area contributed by atoms with Crippen molar-refractivity contribution >= 4 is 11.4 Å². The second-order valence-corrected chi connectivity index (χ2v) is 7.76. The number of alkyl halides is 3. The van der Waals surface area contributed by atoms with Crippen molar-refractivity contribution in [3.63, 3.8) is 0 Å². The molecule has 0 aliphatic heterocycles. The number of hydrogen-bond donors (Lipinski definition) is 0. The molecular formula is C28H22F3NO2. The summed E-state index contributed by atoms with van der Waals surface area (Å²) in [4.78, 5) is 17.8. The highest BCUT2D eigenvalue weighted by Gasteiger charge is 2.34. The van der Waals surface area contributed by atoms with Gasteiger partial charge in [0.15, 0.2) is 5.69 Å². The van der Waals surface area contributed by atoms with Crippen molar-refractivity contribution in [2.75, 3.05) is 0 Å². The molecule has 0 aliphatic rings. The average molecular weight is 461 g/mol. The van der Waals surface area contributed by atoms with Crippen LogP contribution in [0.3, 0.4) is 0 Å². The Morgan fingerprint density at radius 3 is 1.97 bits per heavy atom. The number of aliphatic imine (C=N–C) groups is 1. The Hall–Kier alpha value is -3.93. The maximum absolute atomic E-state index is 13.6. The molecule has 0 spiro atoms. The molecule has 3 nitrogen and oxygen atoms in total. The molecule has 0 radical (unpaired) electrons. The first-order valence-electron chi connectivity index (χ1n) is 10.9. The molecule has 0 saturated carbocycles. The third kappa shape index (κ3) is 5.01. The molecule has 0 atom stereocenters. The topological polar surface area (TPSA) is 42.6 Å². The molecule has 3 aromatic carbocycles. The molecular weight excluding hydrogens is 439 g/mol. The Balaban J connectivity index is 1.93. The van der Waals surface area contributed by atoms with Gasteiger partial charge < -0.3 is 4.42 Å². The molecule has 1 aromatic heterocycles. The number of hydrogen-bond acceptors (Lipinski definition) is 3. The number of aryl methyl sites for hydroxylation is 1. The molecule has 6 heteroatoms. The van der Waals surface area contributed by atoms with Gasteiger partial charge in [-0.15, -0.1) is 0 Å². The zero-order chi connectivity index (χ0) is 24.1. The Morgan fingerprint density at radius 1 is 0.853 bits per heavy atom. The molecule has 0 saturated heterocycles. The predicted octanol–water partition coefficient (Wildman–Crippen LogP) is 7.45. The van der Waals surface area contributed by atoms with Crippen molar-refractivity contribution in [3.05, 3.63) is 124 Å². The highest BCUT2D eigenvalue weighted by molar-refractivity contribution is 6.14. The fraction of sp³-hybridized carbons (Fsp3) is 0.143. The van der Waals surface area contributed by atoms with Gasteiger partial charge in [0.05, 0.1) is 11.3 Å². The van der Waals surface area contributed by atoms with Crippen LogP contribution in [0.4, 0.5) is 18.9 Å². The number of benzene rings is 3. The van der Waals surface area contributed by atoms with Gasteiger partial charge in [-0.1, -0.05) is 92.2 Å². The van der Waals surface area contributed by atoms with Crippen molar-refractivity contribution in [1.82, 2.24) is 0 Å². The summed E-state index contributed by atoms with van der Waals surface area (Å²) in [5.41, 5.74) is 1.02. The molecule has 0 bridgehead atoms. The van der Waals surface area contributed by atoms with Crippen molar-refractivity contribution in [3.8, 4) is 11.3 Å². The maximum atomic E-state index is 13.6. The van der Waals surface area contributed by atoms with E-state index in [9.17, 15) is 18.0 Å². The van der Waals surface area contributed by atoms with Crippen molar-refractivity contribution < 1.29 is 17.6 Å². The van der Waals surface area contributed by atoms with Crippen LogP contribution in [-0.4, -0.2) is 5.71 Å². The van der Waals surface area contributed by atoms with Crippen LogP contribution in [0.1, 0.15) is 35.6 Å². The Kier molecular flexibility index (Phi) is 6.77. The Morgan fingerprint density at radius 2 is 1.41 bits per heavy atom. The monoisotopic (exact) mass is 461 g/mol. The minimum atomic E-state index is -4.58. The van der Waals surface area contributed by atoms with E-state index in [-0.39, 0.29) is 17.0 Å². The second kappa shape index (κ2) is 9.91. The maximum Gasteiger partial charge on any atom is 0.417 e. The third-order valence-corrected chi connectivity index (χ3v) is 5.34. The normalized spacial score (nSPS) is 11.3. The van der Waals surface area contributed by atoms with E-state index in [0.29, 0.717) is 24.1 Å². The van der Waals surface area contributed by atoms with Gasteiger partial charge >= 0.3 is 11.8 Å². The van der Waals surface area contributed by atoms with Gasteiger partial charge in [0.25, 0.3) is 0 Å². The number of halogens is 3. The lowest BCUT2D eigenvalue weighted by atomic mass is 10.0. The predicted molar refractivity (Wildman–Crippen MR) is 128 cm³/mol. The zero-order valence-corrected chi connectivity index (χ0v) is 18.5. The Bertz CT molecular complexity index is 1320. The van der Waals surface area contributed by atoms with Gasteiger partial charge in [-0.2, -0.15) is 13.2 Å².